The van der Waals surface area contributed by atoms with Crippen LogP contribution in [0.2, 0.25) is 0 Å². The Morgan fingerprint density at radius 2 is 1.87 bits per heavy atom. The molecule has 0 radical (unpaired) electrons. The Labute approximate surface area is 141 Å². The normalized spacial score (nSPS) is 21.2. The summed E-state index contributed by atoms with van der Waals surface area (Å²) in [6.07, 6.45) is 8.48. The van der Waals surface area contributed by atoms with Crippen molar-refractivity contribution in [1.82, 2.24) is 0 Å². The first-order valence-corrected chi connectivity index (χ1v) is 8.16. The smallest absolute Gasteiger partial charge is 0.116 e. The van der Waals surface area contributed by atoms with Crippen molar-refractivity contribution in [3.05, 3.63) is 87.8 Å². The fraction of sp³-hybridized carbons (Fsp3) is 0.143. The molecule has 2 aliphatic rings. The molecule has 0 saturated carbocycles. The van der Waals surface area contributed by atoms with Crippen LogP contribution in [0.15, 0.2) is 66.3 Å². The molecule has 2 unspecified atom stereocenters. The Balaban J connectivity index is 1.90. The molecule has 0 spiro atoms. The van der Waals surface area contributed by atoms with E-state index >= 15 is 0 Å². The van der Waals surface area contributed by atoms with Gasteiger partial charge in [-0.1, -0.05) is 66.8 Å². The van der Waals surface area contributed by atoms with Crippen molar-refractivity contribution in [1.29, 1.82) is 0 Å². The van der Waals surface area contributed by atoms with Crippen LogP contribution in [0.3, 0.4) is 0 Å². The molecule has 2 aliphatic carbocycles. The molecule has 0 aromatic heterocycles. The summed E-state index contributed by atoms with van der Waals surface area (Å²) >= 11 is 5.99. The van der Waals surface area contributed by atoms with Crippen molar-refractivity contribution in [2.24, 2.45) is 0 Å². The minimum atomic E-state index is -0.206. The summed E-state index contributed by atoms with van der Waals surface area (Å²) in [7, 11) is 0. The third kappa shape index (κ3) is 2.28. The van der Waals surface area contributed by atoms with Crippen LogP contribution in [0.1, 0.15) is 24.0 Å². The first kappa shape index (κ1) is 14.5. The highest BCUT2D eigenvalue weighted by Gasteiger charge is 2.32. The van der Waals surface area contributed by atoms with Gasteiger partial charge in [0, 0.05) is 5.92 Å². The second-order valence-electron chi connectivity index (χ2n) is 5.91. The van der Waals surface area contributed by atoms with E-state index in [2.05, 4.69) is 79.8 Å². The second kappa shape index (κ2) is 5.84. The van der Waals surface area contributed by atoms with E-state index in [0.29, 0.717) is 0 Å². The van der Waals surface area contributed by atoms with Gasteiger partial charge in [0.2, 0.25) is 0 Å². The van der Waals surface area contributed by atoms with E-state index in [4.69, 9.17) is 16.2 Å². The molecule has 2 atom stereocenters. The van der Waals surface area contributed by atoms with Crippen LogP contribution in [-0.4, -0.2) is 6.10 Å². The maximum absolute atomic E-state index is 5.99. The van der Waals surface area contributed by atoms with E-state index in [1.807, 2.05) is 0 Å². The highest BCUT2D eigenvalue weighted by atomic mass is 35.5. The zero-order valence-corrected chi connectivity index (χ0v) is 13.6. The lowest BCUT2D eigenvalue weighted by molar-refractivity contribution is 0.269. The number of fused-ring (bicyclic) bond motifs is 2. The van der Waals surface area contributed by atoms with Gasteiger partial charge in [-0.15, -0.1) is 0 Å². The topological polar surface area (TPSA) is 9.23 Å². The number of allylic oxidation sites excluding steroid dienone is 1. The minimum absolute atomic E-state index is 0.133. The van der Waals surface area contributed by atoms with E-state index < -0.39 is 0 Å². The Bertz CT molecular complexity index is 936. The predicted octanol–water partition coefficient (Wildman–Crippen LogP) is 3.93. The van der Waals surface area contributed by atoms with Crippen LogP contribution in [0, 0.1) is 0 Å². The van der Waals surface area contributed by atoms with Gasteiger partial charge in [-0.25, -0.2) is 0 Å². The van der Waals surface area contributed by atoms with Crippen LogP contribution in [0.25, 0.3) is 17.7 Å². The van der Waals surface area contributed by atoms with Crippen molar-refractivity contribution in [3.63, 3.8) is 0 Å². The number of benzene rings is 2. The lowest BCUT2D eigenvalue weighted by Gasteiger charge is -2.23. The fourth-order valence-electron chi connectivity index (χ4n) is 3.65. The molecule has 0 heterocycles. The Hall–Kier alpha value is -2.09. The van der Waals surface area contributed by atoms with Gasteiger partial charge in [-0.05, 0) is 45.7 Å². The molecule has 1 nitrogen and oxygen atoms in total. The average Bonchev–Trinajstić information content (AvgIpc) is 3.18. The zero-order valence-electron chi connectivity index (χ0n) is 12.9. The molecule has 114 valence electrons. The predicted molar refractivity (Wildman–Crippen MR) is 96.3 cm³/mol. The average molecular weight is 321 g/mol. The summed E-state index contributed by atoms with van der Waals surface area (Å²) in [6, 6.07) is 16.8. The van der Waals surface area contributed by atoms with Gasteiger partial charge in [-0.2, -0.15) is 0 Å². The van der Waals surface area contributed by atoms with Gasteiger partial charge in [0.05, 0.1) is 11.9 Å². The van der Waals surface area contributed by atoms with Gasteiger partial charge < -0.3 is 0 Å². The molecule has 2 aromatic carbocycles. The molecule has 0 N–H and O–H groups in total. The molecule has 2 heteroatoms. The molecule has 0 saturated heterocycles. The molecule has 2 aromatic rings. The molecule has 0 fully saturated rings. The maximum atomic E-state index is 5.99. The second-order valence-corrected chi connectivity index (χ2v) is 6.09. The van der Waals surface area contributed by atoms with Gasteiger partial charge in [0.25, 0.3) is 0 Å². The monoisotopic (exact) mass is 320 g/mol. The molecule has 0 bridgehead atoms. The Morgan fingerprint density at radius 3 is 2.70 bits per heavy atom. The van der Waals surface area contributed by atoms with Crippen LogP contribution < -0.4 is 10.4 Å². The molecular formula is C21H17ClO. The zero-order chi connectivity index (χ0) is 15.8. The van der Waals surface area contributed by atoms with Gasteiger partial charge in [0.1, 0.15) is 6.10 Å². The summed E-state index contributed by atoms with van der Waals surface area (Å²) < 4.78 is 5.49. The van der Waals surface area contributed by atoms with Crippen LogP contribution in [0.4, 0.5) is 0 Å². The van der Waals surface area contributed by atoms with Crippen molar-refractivity contribution in [2.45, 2.75) is 18.9 Å². The summed E-state index contributed by atoms with van der Waals surface area (Å²) in [4.78, 5) is 0. The number of hydrogen-bond donors (Lipinski definition) is 0. The van der Waals surface area contributed by atoms with Crippen molar-refractivity contribution in [3.8, 4) is 0 Å². The molecule has 0 amide bonds. The largest absolute Gasteiger partial charge is 0.270 e. The van der Waals surface area contributed by atoms with Gasteiger partial charge >= 0.3 is 0 Å². The molecule has 0 aliphatic heterocycles. The summed E-state index contributed by atoms with van der Waals surface area (Å²) in [5, 5.41) is 2.44. The highest BCUT2D eigenvalue weighted by Crippen LogP contribution is 2.39. The number of halogens is 1. The van der Waals surface area contributed by atoms with E-state index in [1.54, 1.807) is 0 Å². The molecule has 4 rings (SSSR count). The Morgan fingerprint density at radius 1 is 1.09 bits per heavy atom. The van der Waals surface area contributed by atoms with Crippen LogP contribution in [-0.2, 0) is 4.29 Å². The third-order valence-corrected chi connectivity index (χ3v) is 4.92. The highest BCUT2D eigenvalue weighted by molar-refractivity contribution is 6.08. The maximum Gasteiger partial charge on any atom is 0.116 e. The first-order chi connectivity index (χ1) is 11.3. The van der Waals surface area contributed by atoms with E-state index in [0.717, 1.165) is 0 Å². The summed E-state index contributed by atoms with van der Waals surface area (Å²) in [6.45, 7) is 2.06. The van der Waals surface area contributed by atoms with Crippen molar-refractivity contribution < 1.29 is 4.29 Å². The lowest BCUT2D eigenvalue weighted by atomic mass is 9.87. The molecule has 23 heavy (non-hydrogen) atoms. The SMILES string of the molecule is CC=C1C=c2ccccc2=C1C(OCl)C1C=Cc2ccccc21. The standard InChI is InChI=1S/C21H17ClO/c1-2-14-13-16-8-4-6-10-18(16)20(14)21(23-22)19-12-11-15-7-3-5-9-17(15)19/h2-13,19,21H,1H3. The summed E-state index contributed by atoms with van der Waals surface area (Å²) in [5.74, 6) is 0.133. The first-order valence-electron chi connectivity index (χ1n) is 7.85. The van der Waals surface area contributed by atoms with Crippen molar-refractivity contribution in [2.75, 3.05) is 0 Å². The Kier molecular flexibility index (Phi) is 3.68. The van der Waals surface area contributed by atoms with E-state index in [1.165, 1.54) is 32.7 Å². The fourth-order valence-corrected chi connectivity index (χ4v) is 3.85. The lowest BCUT2D eigenvalue weighted by Crippen LogP contribution is -2.29. The molecular weight excluding hydrogens is 304 g/mol. The van der Waals surface area contributed by atoms with E-state index in [9.17, 15) is 0 Å². The van der Waals surface area contributed by atoms with Crippen molar-refractivity contribution >= 4 is 29.6 Å². The van der Waals surface area contributed by atoms with Crippen LogP contribution >= 0.6 is 11.9 Å². The minimum Gasteiger partial charge on any atom is -0.270 e. The van der Waals surface area contributed by atoms with Gasteiger partial charge in [0.15, 0.2) is 0 Å². The number of rotatable bonds is 3. The quantitative estimate of drug-likeness (QED) is 0.832. The van der Waals surface area contributed by atoms with E-state index in [-0.39, 0.29) is 12.0 Å². The summed E-state index contributed by atoms with van der Waals surface area (Å²) in [5.41, 5.74) is 4.87. The van der Waals surface area contributed by atoms with Crippen LogP contribution in [0.5, 0.6) is 0 Å². The third-order valence-electron chi connectivity index (χ3n) is 4.73. The van der Waals surface area contributed by atoms with Gasteiger partial charge in [-0.3, -0.25) is 4.29 Å². The number of hydrogen-bond acceptors (Lipinski definition) is 1.